The molecule has 0 aromatic carbocycles. The molecule has 0 bridgehead atoms. The molecule has 1 fully saturated rings. The second kappa shape index (κ2) is 7.18. The number of nitrogens with zero attached hydrogens (tertiary/aromatic N) is 4. The maximum absolute atomic E-state index is 12.8. The quantitative estimate of drug-likeness (QED) is 0.793. The van der Waals surface area contributed by atoms with Crippen molar-refractivity contribution in [1.82, 2.24) is 14.9 Å². The van der Waals surface area contributed by atoms with E-state index in [0.717, 1.165) is 12.1 Å². The average molecular weight is 350 g/mol. The van der Waals surface area contributed by atoms with Crippen LogP contribution in [0.4, 0.5) is 19.0 Å². The monoisotopic (exact) mass is 350 g/mol. The van der Waals surface area contributed by atoms with E-state index in [0.29, 0.717) is 37.7 Å². The van der Waals surface area contributed by atoms with Crippen LogP contribution in [0.1, 0.15) is 16.1 Å². The van der Waals surface area contributed by atoms with Crippen LogP contribution in [0, 0.1) is 0 Å². The van der Waals surface area contributed by atoms with Crippen molar-refractivity contribution in [3.8, 4) is 0 Å². The van der Waals surface area contributed by atoms with Crippen molar-refractivity contribution in [2.45, 2.75) is 6.18 Å². The summed E-state index contributed by atoms with van der Waals surface area (Å²) < 4.78 is 38.4. The van der Waals surface area contributed by atoms with Gasteiger partial charge in [0, 0.05) is 38.6 Å². The van der Waals surface area contributed by atoms with Crippen LogP contribution in [0.3, 0.4) is 0 Å². The molecule has 132 valence electrons. The predicted octanol–water partition coefficient (Wildman–Crippen LogP) is 2.50. The summed E-state index contributed by atoms with van der Waals surface area (Å²) in [6, 6.07) is 7.21. The minimum atomic E-state index is -4.38. The Morgan fingerprint density at radius 2 is 1.80 bits per heavy atom. The fourth-order valence-corrected chi connectivity index (χ4v) is 2.71. The first kappa shape index (κ1) is 17.3. The highest BCUT2D eigenvalue weighted by atomic mass is 19.4. The molecule has 0 spiro atoms. The van der Waals surface area contributed by atoms with E-state index in [1.165, 1.54) is 6.20 Å². The molecular formula is C17H17F3N4O. The summed E-state index contributed by atoms with van der Waals surface area (Å²) in [5.41, 5.74) is -0.283. The number of aromatic nitrogens is 2. The summed E-state index contributed by atoms with van der Waals surface area (Å²) in [5, 5.41) is 0. The van der Waals surface area contributed by atoms with E-state index in [1.807, 2.05) is 4.90 Å². The molecule has 2 aromatic heterocycles. The third-order valence-electron chi connectivity index (χ3n) is 4.09. The average Bonchev–Trinajstić information content (AvgIpc) is 2.62. The molecule has 0 N–H and O–H groups in total. The number of carbonyl (C=O) groups excluding carboxylic acids is 1. The van der Waals surface area contributed by atoms with E-state index in [9.17, 15) is 18.0 Å². The van der Waals surface area contributed by atoms with Crippen molar-refractivity contribution >= 4 is 11.6 Å². The molecular weight excluding hydrogens is 333 g/mol. The molecule has 3 heterocycles. The first-order valence-corrected chi connectivity index (χ1v) is 7.88. The molecule has 1 aliphatic rings. The maximum Gasteiger partial charge on any atom is 0.416 e. The molecule has 0 saturated carbocycles. The highest BCUT2D eigenvalue weighted by molar-refractivity contribution is 5.95. The predicted molar refractivity (Wildman–Crippen MR) is 86.5 cm³/mol. The van der Waals surface area contributed by atoms with E-state index < -0.39 is 11.7 Å². The van der Waals surface area contributed by atoms with Crippen molar-refractivity contribution in [2.75, 3.05) is 37.6 Å². The Balaban J connectivity index is 1.58. The number of piperazine rings is 1. The minimum absolute atomic E-state index is 0.0637. The second-order valence-electron chi connectivity index (χ2n) is 5.80. The number of Topliss-reactive ketones (excluding diaryl/α,β-unsaturated/α-hetero) is 1. The molecule has 5 nitrogen and oxygen atoms in total. The second-order valence-corrected chi connectivity index (χ2v) is 5.80. The molecule has 2 aromatic rings. The van der Waals surface area contributed by atoms with Crippen LogP contribution in [0.15, 0.2) is 42.7 Å². The van der Waals surface area contributed by atoms with Gasteiger partial charge in [-0.25, -0.2) is 4.98 Å². The number of anilines is 1. The van der Waals surface area contributed by atoms with Crippen LogP contribution in [0.2, 0.25) is 0 Å². The van der Waals surface area contributed by atoms with Crippen LogP contribution in [0.5, 0.6) is 0 Å². The van der Waals surface area contributed by atoms with Gasteiger partial charge in [-0.05, 0) is 24.3 Å². The van der Waals surface area contributed by atoms with Crippen molar-refractivity contribution in [2.24, 2.45) is 0 Å². The van der Waals surface area contributed by atoms with Gasteiger partial charge >= 0.3 is 6.18 Å². The summed E-state index contributed by atoms with van der Waals surface area (Å²) in [6.45, 7) is 2.45. The summed E-state index contributed by atoms with van der Waals surface area (Å²) in [7, 11) is 0. The Labute approximate surface area is 143 Å². The Bertz CT molecular complexity index is 728. The smallest absolute Gasteiger partial charge is 0.354 e. The molecule has 0 atom stereocenters. The van der Waals surface area contributed by atoms with Crippen molar-refractivity contribution < 1.29 is 18.0 Å². The molecule has 25 heavy (non-hydrogen) atoms. The Morgan fingerprint density at radius 1 is 1.04 bits per heavy atom. The van der Waals surface area contributed by atoms with Gasteiger partial charge < -0.3 is 4.90 Å². The fourth-order valence-electron chi connectivity index (χ4n) is 2.71. The van der Waals surface area contributed by atoms with Gasteiger partial charge in [-0.15, -0.1) is 0 Å². The van der Waals surface area contributed by atoms with Crippen molar-refractivity contribution in [1.29, 1.82) is 0 Å². The van der Waals surface area contributed by atoms with Gasteiger partial charge in [-0.1, -0.05) is 6.07 Å². The molecule has 1 aliphatic heterocycles. The lowest BCUT2D eigenvalue weighted by molar-refractivity contribution is -0.137. The third-order valence-corrected chi connectivity index (χ3v) is 4.09. The van der Waals surface area contributed by atoms with E-state index in [-0.39, 0.29) is 12.3 Å². The molecule has 0 amide bonds. The molecule has 1 saturated heterocycles. The minimum Gasteiger partial charge on any atom is -0.354 e. The fraction of sp³-hybridized carbons (Fsp3) is 0.353. The first-order valence-electron chi connectivity index (χ1n) is 7.88. The zero-order valence-corrected chi connectivity index (χ0v) is 13.4. The van der Waals surface area contributed by atoms with Gasteiger partial charge in [0.15, 0.2) is 5.78 Å². The van der Waals surface area contributed by atoms with Gasteiger partial charge in [0.25, 0.3) is 0 Å². The van der Waals surface area contributed by atoms with Crippen molar-refractivity contribution in [3.63, 3.8) is 0 Å². The lowest BCUT2D eigenvalue weighted by Gasteiger charge is -2.35. The number of pyridine rings is 2. The number of rotatable bonds is 4. The molecule has 0 radical (unpaired) electrons. The molecule has 0 aliphatic carbocycles. The van der Waals surface area contributed by atoms with Gasteiger partial charge in [0.1, 0.15) is 11.5 Å². The topological polar surface area (TPSA) is 49.3 Å². The first-order chi connectivity index (χ1) is 11.9. The lowest BCUT2D eigenvalue weighted by atomic mass is 10.2. The number of alkyl halides is 3. The standard InChI is InChI=1S/C17H17F3N4O/c18-17(19,20)13-4-6-22-16(11-13)24-9-7-23(8-10-24)12-15(25)14-3-1-2-5-21-14/h1-6,11H,7-10,12H2. The van der Waals surface area contributed by atoms with Crippen LogP contribution >= 0.6 is 0 Å². The van der Waals surface area contributed by atoms with E-state index in [1.54, 1.807) is 29.3 Å². The van der Waals surface area contributed by atoms with Gasteiger partial charge in [0.05, 0.1) is 12.1 Å². The summed E-state index contributed by atoms with van der Waals surface area (Å²) in [4.78, 5) is 24.0. The van der Waals surface area contributed by atoms with Gasteiger partial charge in [-0.2, -0.15) is 13.2 Å². The number of hydrogen-bond donors (Lipinski definition) is 0. The zero-order valence-electron chi connectivity index (χ0n) is 13.4. The highest BCUT2D eigenvalue weighted by Gasteiger charge is 2.31. The number of hydrogen-bond acceptors (Lipinski definition) is 5. The third kappa shape index (κ3) is 4.33. The van der Waals surface area contributed by atoms with Crippen LogP contribution in [0.25, 0.3) is 0 Å². The summed E-state index contributed by atoms with van der Waals surface area (Å²) in [6.07, 6.45) is -1.63. The van der Waals surface area contributed by atoms with E-state index >= 15 is 0 Å². The van der Waals surface area contributed by atoms with Crippen LogP contribution in [-0.2, 0) is 6.18 Å². The SMILES string of the molecule is O=C(CN1CCN(c2cc(C(F)(F)F)ccn2)CC1)c1ccccn1. The van der Waals surface area contributed by atoms with Crippen LogP contribution < -0.4 is 4.90 Å². The lowest BCUT2D eigenvalue weighted by Crippen LogP contribution is -2.48. The number of halogens is 3. The van der Waals surface area contributed by atoms with E-state index in [4.69, 9.17) is 0 Å². The number of ketones is 1. The Morgan fingerprint density at radius 3 is 2.44 bits per heavy atom. The molecule has 0 unspecified atom stereocenters. The highest BCUT2D eigenvalue weighted by Crippen LogP contribution is 2.30. The van der Waals surface area contributed by atoms with E-state index in [2.05, 4.69) is 9.97 Å². The summed E-state index contributed by atoms with van der Waals surface area (Å²) >= 11 is 0. The Kier molecular flexibility index (Phi) is 4.98. The van der Waals surface area contributed by atoms with Crippen LogP contribution in [-0.4, -0.2) is 53.4 Å². The normalized spacial score (nSPS) is 16.0. The van der Waals surface area contributed by atoms with Gasteiger partial charge in [-0.3, -0.25) is 14.7 Å². The zero-order chi connectivity index (χ0) is 17.9. The Hall–Kier alpha value is -2.48. The number of carbonyl (C=O) groups is 1. The molecule has 8 heteroatoms. The van der Waals surface area contributed by atoms with Gasteiger partial charge in [0.2, 0.25) is 0 Å². The largest absolute Gasteiger partial charge is 0.416 e. The molecule has 3 rings (SSSR count). The summed E-state index contributed by atoms with van der Waals surface area (Å²) in [5.74, 6) is 0.247. The maximum atomic E-state index is 12.8. The van der Waals surface area contributed by atoms with Crippen molar-refractivity contribution in [3.05, 3.63) is 54.0 Å².